The molecule has 0 amide bonds. The van der Waals surface area contributed by atoms with E-state index < -0.39 is 16.7 Å². The number of carbonyl (C=O) groups is 2. The van der Waals surface area contributed by atoms with Gasteiger partial charge in [0.05, 0.1) is 0 Å². The number of aromatic nitrogens is 2. The zero-order valence-corrected chi connectivity index (χ0v) is 29.4. The average molecular weight is 722 g/mol. The van der Waals surface area contributed by atoms with Gasteiger partial charge in [-0.2, -0.15) is 0 Å². The van der Waals surface area contributed by atoms with E-state index in [-0.39, 0.29) is 36.4 Å². The van der Waals surface area contributed by atoms with Crippen LogP contribution >= 0.6 is 17.8 Å². The first-order chi connectivity index (χ1) is 20.4. The number of fused-ring (bicyclic) bond motifs is 2. The molecule has 5 aliphatic rings. The van der Waals surface area contributed by atoms with Crippen LogP contribution in [0.4, 0.5) is 0 Å². The Hall–Kier alpha value is -2.88. The molecule has 0 fully saturated rings. The van der Waals surface area contributed by atoms with E-state index >= 15 is 0 Å². The van der Waals surface area contributed by atoms with Crippen LogP contribution in [-0.2, 0) is 9.53 Å². The molecule has 0 saturated carbocycles. The van der Waals surface area contributed by atoms with Crippen molar-refractivity contribution in [3.8, 4) is 0 Å². The molecule has 0 radical (unpaired) electrons. The Balaban J connectivity index is 1.70. The molecule has 2 unspecified atom stereocenters. The Labute approximate surface area is 262 Å². The molecule has 2 aromatic heterocycles. The number of hydrogen-bond donors (Lipinski definition) is 0. The predicted octanol–water partition coefficient (Wildman–Crippen LogP) is 5.54. The Morgan fingerprint density at radius 1 is 1.09 bits per heavy atom. The number of esters is 1. The predicted molar refractivity (Wildman–Crippen MR) is 176 cm³/mol. The molecule has 10 heteroatoms. The SMILES string of the molecule is C=Cc1c(C)c2[n]3c1=CC1=NC(=Cc4c(C)c5c([n]4[Sn]3([Cl])[Cl])C(=C3N=C(C=2)C(C)C3CCC(=O)OC)CC5=O)C(C)=C1C. The molecule has 6 heterocycles. The number of ether oxygens (including phenoxy) is 1. The van der Waals surface area contributed by atoms with Gasteiger partial charge in [-0.05, 0) is 0 Å². The first kappa shape index (κ1) is 28.9. The molecule has 0 aromatic carbocycles. The summed E-state index contributed by atoms with van der Waals surface area (Å²) in [5, 5.41) is 1.75. The summed E-state index contributed by atoms with van der Waals surface area (Å²) < 4.78 is 9.22. The summed E-state index contributed by atoms with van der Waals surface area (Å²) in [6.07, 6.45) is 9.13. The van der Waals surface area contributed by atoms with Gasteiger partial charge in [0.25, 0.3) is 0 Å². The topological polar surface area (TPSA) is 77.9 Å². The van der Waals surface area contributed by atoms with Crippen molar-refractivity contribution in [3.63, 3.8) is 0 Å². The van der Waals surface area contributed by atoms with Crippen molar-refractivity contribution >= 4 is 87.6 Å². The second-order valence-electron chi connectivity index (χ2n) is 12.0. The fourth-order valence-electron chi connectivity index (χ4n) is 7.39. The van der Waals surface area contributed by atoms with Crippen LogP contribution in [0.15, 0.2) is 39.1 Å². The van der Waals surface area contributed by atoms with E-state index in [4.69, 9.17) is 32.6 Å². The maximum atomic E-state index is 13.9. The average Bonchev–Trinajstić information content (AvgIpc) is 3.69. The van der Waals surface area contributed by atoms with Crippen molar-refractivity contribution in [2.45, 2.75) is 53.9 Å². The van der Waals surface area contributed by atoms with E-state index in [1.54, 1.807) is 0 Å². The fourth-order valence-corrected chi connectivity index (χ4v) is 18.6. The fraction of sp³-hybridized carbons (Fsp3) is 0.333. The first-order valence-electron chi connectivity index (χ1n) is 14.5. The number of hydrogen-bond acceptors (Lipinski definition) is 5. The number of carbonyl (C=O) groups excluding carboxylic acids is 2. The zero-order chi connectivity index (χ0) is 30.7. The van der Waals surface area contributed by atoms with E-state index in [1.165, 1.54) is 7.11 Å². The summed E-state index contributed by atoms with van der Waals surface area (Å²) in [4.78, 5) is 36.4. The molecular weight excluding hydrogens is 690 g/mol. The van der Waals surface area contributed by atoms with Gasteiger partial charge in [-0.1, -0.05) is 0 Å². The van der Waals surface area contributed by atoms with Crippen LogP contribution in [-0.4, -0.2) is 52.5 Å². The quantitative estimate of drug-likeness (QED) is 0.308. The van der Waals surface area contributed by atoms with Gasteiger partial charge >= 0.3 is 264 Å². The Kier molecular flexibility index (Phi) is 6.59. The first-order valence-corrected chi connectivity index (χ1v) is 24.3. The summed E-state index contributed by atoms with van der Waals surface area (Å²) in [6, 6.07) is 0. The summed E-state index contributed by atoms with van der Waals surface area (Å²) in [6.45, 7) is 14.5. The Morgan fingerprint density at radius 2 is 1.84 bits per heavy atom. The van der Waals surface area contributed by atoms with E-state index in [1.807, 2.05) is 19.1 Å². The number of methoxy groups -OCH3 is 1. The van der Waals surface area contributed by atoms with Crippen molar-refractivity contribution in [3.05, 3.63) is 73.5 Å². The van der Waals surface area contributed by atoms with Crippen molar-refractivity contribution in [1.29, 1.82) is 0 Å². The van der Waals surface area contributed by atoms with Gasteiger partial charge in [0.2, 0.25) is 0 Å². The number of Topliss-reactive ketones (excluding diaryl/α,β-unsaturated/α-hetero) is 1. The van der Waals surface area contributed by atoms with Crippen molar-refractivity contribution in [2.75, 3.05) is 7.11 Å². The van der Waals surface area contributed by atoms with Crippen LogP contribution in [0, 0.1) is 25.7 Å². The third-order valence-corrected chi connectivity index (χ3v) is 20.2. The molecule has 1 aliphatic carbocycles. The molecule has 7 rings (SSSR count). The van der Waals surface area contributed by atoms with Crippen molar-refractivity contribution in [2.24, 2.45) is 21.8 Å². The van der Waals surface area contributed by atoms with E-state index in [2.05, 4.69) is 52.0 Å². The van der Waals surface area contributed by atoms with Crippen LogP contribution in [0.3, 0.4) is 0 Å². The van der Waals surface area contributed by atoms with Gasteiger partial charge in [-0.25, -0.2) is 0 Å². The Morgan fingerprint density at radius 3 is 2.53 bits per heavy atom. The van der Waals surface area contributed by atoms with Gasteiger partial charge in [0.15, 0.2) is 0 Å². The second kappa shape index (κ2) is 9.81. The molecule has 2 atom stereocenters. The standard InChI is InChI=1S/C33H33N4O3.2ClH.Sn/c1-8-20-17(4)25-13-26-18(5)21(9-10-30(39)40-7)32(36-26)22-11-29(38)31-19(6)27(37-33(22)31)12-23-15(2)16(3)24(34-23)14-28(20)35-25;;;/h8,12-14,18,21H,1,9-11H2,2-7H3,(H-,34,35,36,37,38);2*1H;/q-1;;;+4/p-3. The number of ketones is 1. The van der Waals surface area contributed by atoms with Gasteiger partial charge in [-0.15, -0.1) is 0 Å². The van der Waals surface area contributed by atoms with E-state index in [0.717, 1.165) is 78.3 Å². The zero-order valence-electron chi connectivity index (χ0n) is 25.1. The maximum absolute atomic E-state index is 13.9. The summed E-state index contributed by atoms with van der Waals surface area (Å²) in [5.41, 5.74) is 11.5. The molecule has 2 aromatic rings. The third kappa shape index (κ3) is 3.86. The van der Waals surface area contributed by atoms with Crippen LogP contribution in [0.1, 0.15) is 78.5 Å². The van der Waals surface area contributed by atoms with E-state index in [0.29, 0.717) is 12.0 Å². The van der Waals surface area contributed by atoms with Crippen LogP contribution in [0.25, 0.3) is 29.9 Å². The number of rotatable bonds is 4. The van der Waals surface area contributed by atoms with Crippen LogP contribution in [0.5, 0.6) is 0 Å². The molecule has 0 saturated heterocycles. The number of allylic oxidation sites excluding steroid dienone is 4. The monoisotopic (exact) mass is 722 g/mol. The van der Waals surface area contributed by atoms with Crippen LogP contribution < -0.4 is 10.7 Å². The number of aliphatic imine (C=N–C) groups is 2. The van der Waals surface area contributed by atoms with Crippen molar-refractivity contribution in [1.82, 2.24) is 5.58 Å². The molecule has 6 bridgehead atoms. The Bertz CT molecular complexity index is 2030. The van der Waals surface area contributed by atoms with E-state index in [9.17, 15) is 9.59 Å². The minimum absolute atomic E-state index is 0.00276. The molecular formula is C33H32Cl2N4O3Sn. The van der Waals surface area contributed by atoms with Gasteiger partial charge in [0, 0.05) is 0 Å². The minimum atomic E-state index is -4.75. The number of nitrogens with zero attached hydrogens (tertiary/aromatic N) is 4. The summed E-state index contributed by atoms with van der Waals surface area (Å²) in [7, 11) is 17.1. The molecule has 0 N–H and O–H groups in total. The van der Waals surface area contributed by atoms with Crippen molar-refractivity contribution < 1.29 is 14.3 Å². The van der Waals surface area contributed by atoms with Gasteiger partial charge in [0.1, 0.15) is 0 Å². The van der Waals surface area contributed by atoms with Gasteiger partial charge < -0.3 is 0 Å². The van der Waals surface area contributed by atoms with Crippen LogP contribution in [0.2, 0.25) is 0 Å². The molecule has 7 nitrogen and oxygen atoms in total. The summed E-state index contributed by atoms with van der Waals surface area (Å²) in [5.74, 6) is -0.305. The van der Waals surface area contributed by atoms with Gasteiger partial charge in [-0.3, -0.25) is 0 Å². The molecule has 220 valence electrons. The molecule has 0 spiro atoms. The number of halogens is 2. The normalized spacial score (nSPS) is 22.6. The summed E-state index contributed by atoms with van der Waals surface area (Å²) >= 11 is -4.75. The molecule has 4 aliphatic heterocycles. The second-order valence-corrected chi connectivity index (χ2v) is 25.8. The third-order valence-electron chi connectivity index (χ3n) is 9.92. The molecule has 43 heavy (non-hydrogen) atoms.